The van der Waals surface area contributed by atoms with Gasteiger partial charge in [-0.2, -0.15) is 11.8 Å². The molecule has 4 heteroatoms. The normalized spacial score (nSPS) is 17.6. The highest BCUT2D eigenvalue weighted by Gasteiger charge is 2.12. The van der Waals surface area contributed by atoms with Crippen LogP contribution >= 0.6 is 11.8 Å². The maximum Gasteiger partial charge on any atom is 0.159 e. The van der Waals surface area contributed by atoms with E-state index in [4.69, 9.17) is 0 Å². The van der Waals surface area contributed by atoms with Gasteiger partial charge in [-0.15, -0.1) is 0 Å². The number of halogens is 2. The average Bonchev–Trinajstić information content (AvgIpc) is 2.32. The summed E-state index contributed by atoms with van der Waals surface area (Å²) in [6.07, 6.45) is 2.32. The van der Waals surface area contributed by atoms with Gasteiger partial charge >= 0.3 is 0 Å². The SMILES string of the molecule is Fc1ccc(CNC2CCSCC2)cc1F. The molecule has 0 saturated carbocycles. The van der Waals surface area contributed by atoms with Crippen molar-refractivity contribution in [2.75, 3.05) is 11.5 Å². The van der Waals surface area contributed by atoms with Crippen LogP contribution in [0.5, 0.6) is 0 Å². The van der Waals surface area contributed by atoms with Crippen LogP contribution in [0, 0.1) is 11.6 Å². The lowest BCUT2D eigenvalue weighted by Gasteiger charge is -2.22. The third-order valence-electron chi connectivity index (χ3n) is 2.80. The molecule has 0 aliphatic carbocycles. The standard InChI is InChI=1S/C12H15F2NS/c13-11-2-1-9(7-12(11)14)8-15-10-3-5-16-6-4-10/h1-2,7,10,15H,3-6,8H2. The van der Waals surface area contributed by atoms with Gasteiger partial charge in [-0.1, -0.05) is 6.07 Å². The van der Waals surface area contributed by atoms with Crippen molar-refractivity contribution in [3.05, 3.63) is 35.4 Å². The molecule has 1 aliphatic heterocycles. The first kappa shape index (κ1) is 11.9. The molecule has 1 N–H and O–H groups in total. The van der Waals surface area contributed by atoms with Crippen molar-refractivity contribution in [1.82, 2.24) is 5.32 Å². The van der Waals surface area contributed by atoms with Crippen molar-refractivity contribution in [3.63, 3.8) is 0 Å². The Hall–Kier alpha value is -0.610. The Bertz CT molecular complexity index is 351. The summed E-state index contributed by atoms with van der Waals surface area (Å²) in [4.78, 5) is 0. The second kappa shape index (κ2) is 5.64. The summed E-state index contributed by atoms with van der Waals surface area (Å²) in [6.45, 7) is 0.618. The van der Waals surface area contributed by atoms with E-state index in [-0.39, 0.29) is 0 Å². The third-order valence-corrected chi connectivity index (χ3v) is 3.85. The van der Waals surface area contributed by atoms with E-state index in [1.54, 1.807) is 6.07 Å². The van der Waals surface area contributed by atoms with Crippen molar-refractivity contribution in [2.45, 2.75) is 25.4 Å². The number of hydrogen-bond donors (Lipinski definition) is 1. The van der Waals surface area contributed by atoms with E-state index in [9.17, 15) is 8.78 Å². The molecule has 0 radical (unpaired) electrons. The van der Waals surface area contributed by atoms with Gasteiger partial charge in [0.2, 0.25) is 0 Å². The van der Waals surface area contributed by atoms with Gasteiger partial charge < -0.3 is 5.32 Å². The fourth-order valence-corrected chi connectivity index (χ4v) is 2.92. The number of thioether (sulfide) groups is 1. The molecule has 1 heterocycles. The molecule has 1 aliphatic rings. The van der Waals surface area contributed by atoms with Crippen LogP contribution in [-0.4, -0.2) is 17.5 Å². The summed E-state index contributed by atoms with van der Waals surface area (Å²) < 4.78 is 25.6. The summed E-state index contributed by atoms with van der Waals surface area (Å²) in [5, 5.41) is 3.38. The van der Waals surface area contributed by atoms with Gasteiger partial charge in [0.1, 0.15) is 0 Å². The van der Waals surface area contributed by atoms with Gasteiger partial charge in [-0.3, -0.25) is 0 Å². The molecule has 0 atom stereocenters. The van der Waals surface area contributed by atoms with Crippen molar-refractivity contribution >= 4 is 11.8 Å². The van der Waals surface area contributed by atoms with E-state index < -0.39 is 11.6 Å². The first-order chi connectivity index (χ1) is 7.75. The van der Waals surface area contributed by atoms with Crippen LogP contribution in [0.25, 0.3) is 0 Å². The van der Waals surface area contributed by atoms with Crippen LogP contribution in [0.2, 0.25) is 0 Å². The van der Waals surface area contributed by atoms with Crippen molar-refractivity contribution in [1.29, 1.82) is 0 Å². The molecule has 1 saturated heterocycles. The monoisotopic (exact) mass is 243 g/mol. The third kappa shape index (κ3) is 3.19. The zero-order chi connectivity index (χ0) is 11.4. The molecule has 16 heavy (non-hydrogen) atoms. The minimum absolute atomic E-state index is 0.523. The molecular formula is C12H15F2NS. The Labute approximate surface area is 98.6 Å². The zero-order valence-corrected chi connectivity index (χ0v) is 9.83. The van der Waals surface area contributed by atoms with Crippen molar-refractivity contribution in [2.24, 2.45) is 0 Å². The molecular weight excluding hydrogens is 228 g/mol. The predicted molar refractivity (Wildman–Crippen MR) is 63.5 cm³/mol. The molecule has 0 unspecified atom stereocenters. The Kier molecular flexibility index (Phi) is 4.18. The van der Waals surface area contributed by atoms with Gasteiger partial charge in [-0.25, -0.2) is 8.78 Å². The minimum atomic E-state index is -0.780. The Morgan fingerprint density at radius 2 is 1.94 bits per heavy atom. The highest BCUT2D eigenvalue weighted by Crippen LogP contribution is 2.17. The van der Waals surface area contributed by atoms with Gasteiger partial charge in [0, 0.05) is 12.6 Å². The highest BCUT2D eigenvalue weighted by molar-refractivity contribution is 7.99. The summed E-state index contributed by atoms with van der Waals surface area (Å²) >= 11 is 1.98. The van der Waals surface area contributed by atoms with Crippen molar-refractivity contribution < 1.29 is 8.78 Å². The lowest BCUT2D eigenvalue weighted by molar-refractivity contribution is 0.476. The van der Waals surface area contributed by atoms with E-state index in [2.05, 4.69) is 5.32 Å². The lowest BCUT2D eigenvalue weighted by Crippen LogP contribution is -2.32. The van der Waals surface area contributed by atoms with Crippen LogP contribution in [0.15, 0.2) is 18.2 Å². The number of hydrogen-bond acceptors (Lipinski definition) is 2. The quantitative estimate of drug-likeness (QED) is 0.876. The van der Waals surface area contributed by atoms with Gasteiger partial charge in [0.05, 0.1) is 0 Å². The molecule has 0 aromatic heterocycles. The van der Waals surface area contributed by atoms with Crippen LogP contribution < -0.4 is 5.32 Å². The lowest BCUT2D eigenvalue weighted by atomic mass is 10.1. The van der Waals surface area contributed by atoms with E-state index >= 15 is 0 Å². The maximum atomic E-state index is 12.9. The Balaban J connectivity index is 1.86. The Morgan fingerprint density at radius 1 is 1.19 bits per heavy atom. The predicted octanol–water partition coefficient (Wildman–Crippen LogP) is 2.95. The van der Waals surface area contributed by atoms with E-state index in [0.717, 1.165) is 18.4 Å². The Morgan fingerprint density at radius 3 is 2.62 bits per heavy atom. The van der Waals surface area contributed by atoms with Gasteiger partial charge in [-0.05, 0) is 42.0 Å². The summed E-state index contributed by atoms with van der Waals surface area (Å²) in [7, 11) is 0. The first-order valence-corrected chi connectivity index (χ1v) is 6.66. The highest BCUT2D eigenvalue weighted by atomic mass is 32.2. The van der Waals surface area contributed by atoms with Crippen LogP contribution in [-0.2, 0) is 6.54 Å². The smallest absolute Gasteiger partial charge is 0.159 e. The number of nitrogens with one attached hydrogen (secondary N) is 1. The molecule has 0 amide bonds. The van der Waals surface area contributed by atoms with Crippen molar-refractivity contribution in [3.8, 4) is 0 Å². The van der Waals surface area contributed by atoms with Crippen LogP contribution in [0.3, 0.4) is 0 Å². The summed E-state index contributed by atoms with van der Waals surface area (Å²) in [5.74, 6) is 0.835. The van der Waals surface area contributed by atoms with Crippen LogP contribution in [0.4, 0.5) is 8.78 Å². The minimum Gasteiger partial charge on any atom is -0.310 e. The molecule has 1 aromatic carbocycles. The second-order valence-electron chi connectivity index (χ2n) is 4.02. The average molecular weight is 243 g/mol. The fourth-order valence-electron chi connectivity index (χ4n) is 1.81. The number of rotatable bonds is 3. The first-order valence-electron chi connectivity index (χ1n) is 5.51. The second-order valence-corrected chi connectivity index (χ2v) is 5.24. The summed E-state index contributed by atoms with van der Waals surface area (Å²) in [6, 6.07) is 4.60. The molecule has 0 bridgehead atoms. The molecule has 1 fully saturated rings. The largest absolute Gasteiger partial charge is 0.310 e. The molecule has 1 aromatic rings. The molecule has 2 rings (SSSR count). The van der Waals surface area contributed by atoms with Crippen LogP contribution in [0.1, 0.15) is 18.4 Å². The van der Waals surface area contributed by atoms with E-state index in [1.165, 1.54) is 23.6 Å². The topological polar surface area (TPSA) is 12.0 Å². The van der Waals surface area contributed by atoms with Gasteiger partial charge in [0.15, 0.2) is 11.6 Å². The number of benzene rings is 1. The van der Waals surface area contributed by atoms with Gasteiger partial charge in [0.25, 0.3) is 0 Å². The van der Waals surface area contributed by atoms with E-state index in [1.807, 2.05) is 11.8 Å². The summed E-state index contributed by atoms with van der Waals surface area (Å²) in [5.41, 5.74) is 0.803. The maximum absolute atomic E-state index is 12.9. The molecule has 0 spiro atoms. The zero-order valence-electron chi connectivity index (χ0n) is 9.01. The fraction of sp³-hybridized carbons (Fsp3) is 0.500. The molecule has 88 valence electrons. The van der Waals surface area contributed by atoms with E-state index in [0.29, 0.717) is 12.6 Å². The molecule has 1 nitrogen and oxygen atoms in total.